The number of para-hydroxylation sites is 3. The van der Waals surface area contributed by atoms with Crippen LogP contribution in [0.3, 0.4) is 0 Å². The smallest absolute Gasteiger partial charge is 0.263 e. The Kier molecular flexibility index (Phi) is 6.39. The normalized spacial score (nSPS) is 17.5. The van der Waals surface area contributed by atoms with E-state index in [-0.39, 0.29) is 5.78 Å². The van der Waals surface area contributed by atoms with Gasteiger partial charge >= 0.3 is 0 Å². The van der Waals surface area contributed by atoms with Gasteiger partial charge in [-0.25, -0.2) is 0 Å². The molecule has 0 N–H and O–H groups in total. The lowest BCUT2D eigenvalue weighted by Gasteiger charge is -2.24. The molecular formula is C27H25N2O3S2+. The quantitative estimate of drug-likeness (QED) is 0.181. The topological polar surface area (TPSA) is 50.5 Å². The number of carbonyl (C=O) groups is 2. The van der Waals surface area contributed by atoms with E-state index in [0.717, 1.165) is 40.7 Å². The number of aryl methyl sites for hydroxylation is 1. The van der Waals surface area contributed by atoms with Crippen LogP contribution in [0.15, 0.2) is 76.5 Å². The monoisotopic (exact) mass is 489 g/mol. The van der Waals surface area contributed by atoms with Gasteiger partial charge < -0.3 is 14.4 Å². The second-order valence-corrected chi connectivity index (χ2v) is 10.1. The molecule has 0 saturated heterocycles. The number of nitrogens with zero attached hydrogens (tertiary/aromatic N) is 2. The molecule has 5 rings (SSSR count). The highest BCUT2D eigenvalue weighted by Crippen LogP contribution is 2.44. The molecule has 5 nitrogen and oxygen atoms in total. The molecule has 2 aromatic carbocycles. The van der Waals surface area contributed by atoms with Crippen LogP contribution in [-0.2, 0) is 16.1 Å². The van der Waals surface area contributed by atoms with Crippen LogP contribution in [0.2, 0.25) is 0 Å². The summed E-state index contributed by atoms with van der Waals surface area (Å²) < 4.78 is 9.51. The molecule has 1 aliphatic heterocycles. The summed E-state index contributed by atoms with van der Waals surface area (Å²) in [5.74, 6) is 2.10. The van der Waals surface area contributed by atoms with E-state index in [1.54, 1.807) is 23.1 Å². The van der Waals surface area contributed by atoms with Crippen molar-refractivity contribution < 1.29 is 18.9 Å². The van der Waals surface area contributed by atoms with E-state index in [4.69, 9.17) is 4.74 Å². The number of thiazole rings is 1. The van der Waals surface area contributed by atoms with Gasteiger partial charge in [-0.1, -0.05) is 35.6 Å². The number of aldehydes is 1. The fourth-order valence-electron chi connectivity index (χ4n) is 4.28. The Bertz CT molecular complexity index is 1380. The molecule has 2 aliphatic rings. The van der Waals surface area contributed by atoms with Crippen LogP contribution in [0.1, 0.15) is 25.3 Å². The molecule has 7 heteroatoms. The van der Waals surface area contributed by atoms with Gasteiger partial charge in [-0.15, -0.1) is 11.8 Å². The Labute approximate surface area is 207 Å². The Morgan fingerprint density at radius 2 is 1.88 bits per heavy atom. The van der Waals surface area contributed by atoms with E-state index in [9.17, 15) is 9.59 Å². The van der Waals surface area contributed by atoms with Crippen LogP contribution in [0, 0.1) is 0 Å². The molecule has 3 aromatic rings. The van der Waals surface area contributed by atoms with Gasteiger partial charge in [0.2, 0.25) is 11.4 Å². The van der Waals surface area contributed by atoms with Crippen LogP contribution < -0.4 is 14.2 Å². The van der Waals surface area contributed by atoms with Crippen LogP contribution in [0.4, 0.5) is 5.69 Å². The molecule has 0 spiro atoms. The van der Waals surface area contributed by atoms with Crippen molar-refractivity contribution in [3.05, 3.63) is 81.5 Å². The van der Waals surface area contributed by atoms with Crippen molar-refractivity contribution in [1.82, 2.24) is 0 Å². The Morgan fingerprint density at radius 1 is 1.09 bits per heavy atom. The number of allylic oxidation sites excluding steroid dienone is 3. The number of anilines is 1. The highest BCUT2D eigenvalue weighted by molar-refractivity contribution is 8.03. The van der Waals surface area contributed by atoms with Gasteiger partial charge in [-0.3, -0.25) is 4.79 Å². The second kappa shape index (κ2) is 9.60. The maximum absolute atomic E-state index is 13.3. The lowest BCUT2D eigenvalue weighted by molar-refractivity contribution is -0.665. The number of carbonyl (C=O) groups excluding carboxylic acids is 2. The van der Waals surface area contributed by atoms with Crippen molar-refractivity contribution in [2.24, 2.45) is 0 Å². The number of thioether (sulfide) groups is 1. The van der Waals surface area contributed by atoms with Gasteiger partial charge in [0.05, 0.1) is 5.69 Å². The summed E-state index contributed by atoms with van der Waals surface area (Å²) in [6, 6.07) is 16.2. The van der Waals surface area contributed by atoms with Crippen molar-refractivity contribution in [2.45, 2.75) is 26.8 Å². The summed E-state index contributed by atoms with van der Waals surface area (Å²) in [6.45, 7) is 5.73. The first-order chi connectivity index (χ1) is 16.7. The number of benzene rings is 2. The molecule has 2 heterocycles. The molecular weight excluding hydrogens is 464 g/mol. The molecule has 0 amide bonds. The lowest BCUT2D eigenvalue weighted by Crippen LogP contribution is -2.34. The van der Waals surface area contributed by atoms with Crippen LogP contribution in [0.25, 0.3) is 16.3 Å². The number of ether oxygens (including phenoxy) is 1. The van der Waals surface area contributed by atoms with Gasteiger partial charge in [0.15, 0.2) is 11.5 Å². The van der Waals surface area contributed by atoms with Crippen molar-refractivity contribution >= 4 is 57.1 Å². The number of aromatic nitrogens is 1. The average Bonchev–Trinajstić information content (AvgIpc) is 3.41. The average molecular weight is 490 g/mol. The predicted molar refractivity (Wildman–Crippen MR) is 139 cm³/mol. The number of hydrogen-bond acceptors (Lipinski definition) is 6. The summed E-state index contributed by atoms with van der Waals surface area (Å²) >= 11 is 3.25. The molecule has 0 atom stereocenters. The largest absolute Gasteiger partial charge is 0.439 e. The number of ketones is 1. The maximum atomic E-state index is 13.3. The minimum Gasteiger partial charge on any atom is -0.439 e. The van der Waals surface area contributed by atoms with Crippen LogP contribution in [0.5, 0.6) is 5.75 Å². The van der Waals surface area contributed by atoms with Crippen LogP contribution >= 0.6 is 23.1 Å². The van der Waals surface area contributed by atoms with E-state index in [1.165, 1.54) is 10.2 Å². The third kappa shape index (κ3) is 3.89. The van der Waals surface area contributed by atoms with E-state index >= 15 is 0 Å². The van der Waals surface area contributed by atoms with E-state index in [1.807, 2.05) is 48.6 Å². The summed E-state index contributed by atoms with van der Waals surface area (Å²) in [5, 5.41) is 1.05. The fourth-order valence-corrected chi connectivity index (χ4v) is 6.48. The highest BCUT2D eigenvalue weighted by atomic mass is 32.2. The first-order valence-electron chi connectivity index (χ1n) is 11.4. The maximum Gasteiger partial charge on any atom is 0.263 e. The van der Waals surface area contributed by atoms with Crippen molar-refractivity contribution in [2.75, 3.05) is 17.2 Å². The number of rotatable bonds is 8. The fraction of sp³-hybridized carbons (Fsp3) is 0.222. The molecule has 0 saturated carbocycles. The molecule has 0 radical (unpaired) electrons. The molecule has 34 heavy (non-hydrogen) atoms. The second-order valence-electron chi connectivity index (χ2n) is 7.88. The van der Waals surface area contributed by atoms with Gasteiger partial charge in [-0.2, -0.15) is 4.57 Å². The zero-order chi connectivity index (χ0) is 23.7. The lowest BCUT2D eigenvalue weighted by atomic mass is 9.89. The minimum absolute atomic E-state index is 0.0109. The SMILES string of the molecule is CCN1/C(=C\C2=C(SCCC=O)C(=C\c3sc4ccccc4[n+]3CC)/C2=O)Oc2ccccc21. The summed E-state index contributed by atoms with van der Waals surface area (Å²) in [4.78, 5) is 27.3. The summed E-state index contributed by atoms with van der Waals surface area (Å²) in [7, 11) is 0. The molecule has 0 fully saturated rings. The van der Waals surface area contributed by atoms with Gasteiger partial charge in [-0.05, 0) is 32.0 Å². The van der Waals surface area contributed by atoms with Gasteiger partial charge in [0.1, 0.15) is 17.5 Å². The molecule has 172 valence electrons. The summed E-state index contributed by atoms with van der Waals surface area (Å²) in [6.07, 6.45) is 5.22. The zero-order valence-corrected chi connectivity index (χ0v) is 20.7. The Hall–Kier alpha value is -3.16. The van der Waals surface area contributed by atoms with E-state index < -0.39 is 0 Å². The van der Waals surface area contributed by atoms with Crippen molar-refractivity contribution in [3.63, 3.8) is 0 Å². The first kappa shape index (κ1) is 22.6. The third-order valence-electron chi connectivity index (χ3n) is 5.90. The van der Waals surface area contributed by atoms with Crippen LogP contribution in [-0.4, -0.2) is 24.4 Å². The van der Waals surface area contributed by atoms with Gasteiger partial charge in [0.25, 0.3) is 5.01 Å². The summed E-state index contributed by atoms with van der Waals surface area (Å²) in [5.41, 5.74) is 3.53. The zero-order valence-electron chi connectivity index (χ0n) is 19.1. The minimum atomic E-state index is 0.0109. The molecule has 1 aromatic heterocycles. The number of hydrogen-bond donors (Lipinski definition) is 0. The predicted octanol–water partition coefficient (Wildman–Crippen LogP) is 5.51. The van der Waals surface area contributed by atoms with Crippen molar-refractivity contribution in [1.29, 1.82) is 0 Å². The number of fused-ring (bicyclic) bond motifs is 2. The first-order valence-corrected chi connectivity index (χ1v) is 13.2. The highest BCUT2D eigenvalue weighted by Gasteiger charge is 2.36. The van der Waals surface area contributed by atoms with E-state index in [2.05, 4.69) is 35.4 Å². The Morgan fingerprint density at radius 3 is 2.68 bits per heavy atom. The van der Waals surface area contributed by atoms with Crippen molar-refractivity contribution in [3.8, 4) is 5.75 Å². The van der Waals surface area contributed by atoms with E-state index in [0.29, 0.717) is 29.2 Å². The third-order valence-corrected chi connectivity index (χ3v) is 8.18. The Balaban J connectivity index is 1.55. The molecule has 1 aliphatic carbocycles. The molecule has 0 bridgehead atoms. The van der Waals surface area contributed by atoms with Gasteiger partial charge in [0, 0.05) is 53.0 Å². The number of Topliss-reactive ketones (excluding diaryl/α,β-unsaturated/α-hetero) is 1. The standard InChI is InChI=1S/C27H25N2O3S2/c1-3-28-20-10-5-7-12-22(20)32-24(28)16-18-26(31)19(27(18)33-15-9-14-30)17-25-29(4-2)21-11-6-8-13-23(21)34-25/h5-8,10-14,16-17H,3-4,9,15H2,1-2H3/q+1. The molecule has 0 unspecified atom stereocenters.